The summed E-state index contributed by atoms with van der Waals surface area (Å²) in [6, 6.07) is 6.15. The Labute approximate surface area is 152 Å². The van der Waals surface area contributed by atoms with Crippen LogP contribution in [0.5, 0.6) is 11.5 Å². The van der Waals surface area contributed by atoms with Crippen molar-refractivity contribution in [2.24, 2.45) is 0 Å². The Balaban J connectivity index is 1.26. The lowest BCUT2D eigenvalue weighted by atomic mass is 10.1. The van der Waals surface area contributed by atoms with Gasteiger partial charge in [-0.05, 0) is 17.7 Å². The Morgan fingerprint density at radius 3 is 2.27 bits per heavy atom. The first-order valence-corrected chi connectivity index (χ1v) is 9.07. The fourth-order valence-electron chi connectivity index (χ4n) is 3.61. The summed E-state index contributed by atoms with van der Waals surface area (Å²) in [6.45, 7) is 6.80. The van der Waals surface area contributed by atoms with Crippen molar-refractivity contribution in [3.05, 3.63) is 23.8 Å². The second-order valence-electron chi connectivity index (χ2n) is 6.86. The number of hydrogen-bond acceptors (Lipinski definition) is 5. The molecule has 0 aliphatic carbocycles. The molecule has 0 spiro atoms. The van der Waals surface area contributed by atoms with Crippen LogP contribution in [-0.4, -0.2) is 91.2 Å². The predicted molar refractivity (Wildman–Crippen MR) is 94.0 cm³/mol. The molecule has 8 heteroatoms. The normalized spacial score (nSPS) is 20.4. The summed E-state index contributed by atoms with van der Waals surface area (Å²) in [5.41, 5.74) is 1.19. The maximum absolute atomic E-state index is 12.6. The van der Waals surface area contributed by atoms with E-state index >= 15 is 0 Å². The molecule has 4 rings (SSSR count). The SMILES string of the molecule is O=CN1CCN(C(=O)N2CCN(Cc3ccc4c(c3)OCO4)CC2)CC1. The number of benzene rings is 1. The van der Waals surface area contributed by atoms with E-state index in [9.17, 15) is 9.59 Å². The summed E-state index contributed by atoms with van der Waals surface area (Å²) in [5, 5.41) is 0. The molecule has 26 heavy (non-hydrogen) atoms. The summed E-state index contributed by atoms with van der Waals surface area (Å²) in [7, 11) is 0. The number of carbonyl (C=O) groups excluding carboxylic acids is 2. The summed E-state index contributed by atoms with van der Waals surface area (Å²) in [5.74, 6) is 1.62. The molecule has 140 valence electrons. The molecule has 1 aromatic carbocycles. The average Bonchev–Trinajstić information content (AvgIpc) is 3.16. The first-order valence-electron chi connectivity index (χ1n) is 9.07. The van der Waals surface area contributed by atoms with E-state index in [1.165, 1.54) is 5.56 Å². The van der Waals surface area contributed by atoms with E-state index in [0.717, 1.165) is 50.6 Å². The standard InChI is InChI=1S/C18H24N4O4/c23-13-20-5-9-22(10-6-20)18(24)21-7-3-19(4-8-21)12-15-1-2-16-17(11-15)26-14-25-16/h1-2,11,13H,3-10,12,14H2. The quantitative estimate of drug-likeness (QED) is 0.732. The number of urea groups is 1. The second kappa shape index (κ2) is 7.41. The predicted octanol–water partition coefficient (Wildman–Crippen LogP) is 0.427. The summed E-state index contributed by atoms with van der Waals surface area (Å²) in [4.78, 5) is 31.3. The van der Waals surface area contributed by atoms with Gasteiger partial charge in [-0.1, -0.05) is 6.07 Å². The van der Waals surface area contributed by atoms with Crippen molar-refractivity contribution in [2.45, 2.75) is 6.54 Å². The van der Waals surface area contributed by atoms with Crippen LogP contribution in [0.4, 0.5) is 4.79 Å². The molecule has 3 aliphatic heterocycles. The molecule has 1 aromatic rings. The van der Waals surface area contributed by atoms with E-state index in [1.807, 2.05) is 21.9 Å². The van der Waals surface area contributed by atoms with E-state index < -0.39 is 0 Å². The molecule has 0 N–H and O–H groups in total. The third-order valence-electron chi connectivity index (χ3n) is 5.22. The van der Waals surface area contributed by atoms with Crippen LogP contribution in [0, 0.1) is 0 Å². The lowest BCUT2D eigenvalue weighted by Crippen LogP contribution is -2.56. The van der Waals surface area contributed by atoms with E-state index in [4.69, 9.17) is 9.47 Å². The third-order valence-corrected chi connectivity index (χ3v) is 5.22. The van der Waals surface area contributed by atoms with E-state index in [0.29, 0.717) is 33.0 Å². The van der Waals surface area contributed by atoms with Crippen molar-refractivity contribution >= 4 is 12.4 Å². The van der Waals surface area contributed by atoms with Crippen LogP contribution in [0.25, 0.3) is 0 Å². The maximum Gasteiger partial charge on any atom is 0.320 e. The maximum atomic E-state index is 12.6. The van der Waals surface area contributed by atoms with Crippen LogP contribution in [0.2, 0.25) is 0 Å². The van der Waals surface area contributed by atoms with Gasteiger partial charge in [0.2, 0.25) is 13.2 Å². The molecular weight excluding hydrogens is 336 g/mol. The van der Waals surface area contributed by atoms with E-state index in [-0.39, 0.29) is 6.03 Å². The van der Waals surface area contributed by atoms with Gasteiger partial charge in [-0.25, -0.2) is 4.79 Å². The molecule has 8 nitrogen and oxygen atoms in total. The molecule has 0 bridgehead atoms. The highest BCUT2D eigenvalue weighted by Gasteiger charge is 2.27. The molecule has 0 aromatic heterocycles. The fraction of sp³-hybridized carbons (Fsp3) is 0.556. The topological polar surface area (TPSA) is 65.6 Å². The largest absolute Gasteiger partial charge is 0.454 e. The van der Waals surface area contributed by atoms with E-state index in [1.54, 1.807) is 4.90 Å². The van der Waals surface area contributed by atoms with Crippen LogP contribution in [0.1, 0.15) is 5.56 Å². The molecule has 0 unspecified atom stereocenters. The average molecular weight is 360 g/mol. The Morgan fingerprint density at radius 2 is 1.58 bits per heavy atom. The van der Waals surface area contributed by atoms with Crippen molar-refractivity contribution in [1.82, 2.24) is 19.6 Å². The van der Waals surface area contributed by atoms with Crippen molar-refractivity contribution in [1.29, 1.82) is 0 Å². The summed E-state index contributed by atoms with van der Waals surface area (Å²) >= 11 is 0. The molecule has 0 atom stereocenters. The first-order chi connectivity index (χ1) is 12.7. The molecule has 2 fully saturated rings. The van der Waals surface area contributed by atoms with Crippen molar-refractivity contribution < 1.29 is 19.1 Å². The smallest absolute Gasteiger partial charge is 0.320 e. The Kier molecular flexibility index (Phi) is 4.83. The minimum Gasteiger partial charge on any atom is -0.454 e. The van der Waals surface area contributed by atoms with Gasteiger partial charge in [-0.3, -0.25) is 9.69 Å². The number of fused-ring (bicyclic) bond motifs is 1. The van der Waals surface area contributed by atoms with Gasteiger partial charge in [-0.2, -0.15) is 0 Å². The summed E-state index contributed by atoms with van der Waals surface area (Å²) in [6.07, 6.45) is 0.858. The van der Waals surface area contributed by atoms with Gasteiger partial charge in [0.15, 0.2) is 11.5 Å². The molecule has 2 saturated heterocycles. The van der Waals surface area contributed by atoms with Crippen LogP contribution >= 0.6 is 0 Å². The number of ether oxygens (including phenoxy) is 2. The van der Waals surface area contributed by atoms with Gasteiger partial charge in [0.05, 0.1) is 0 Å². The zero-order chi connectivity index (χ0) is 17.9. The first kappa shape index (κ1) is 17.0. The number of amides is 3. The summed E-state index contributed by atoms with van der Waals surface area (Å²) < 4.78 is 10.8. The molecule has 0 saturated carbocycles. The van der Waals surface area contributed by atoms with Crippen LogP contribution < -0.4 is 9.47 Å². The van der Waals surface area contributed by atoms with Gasteiger partial charge >= 0.3 is 6.03 Å². The minimum absolute atomic E-state index is 0.0956. The molecule has 3 amide bonds. The zero-order valence-electron chi connectivity index (χ0n) is 14.8. The molecule has 3 aliphatic rings. The highest BCUT2D eigenvalue weighted by molar-refractivity contribution is 5.75. The fourth-order valence-corrected chi connectivity index (χ4v) is 3.61. The lowest BCUT2D eigenvalue weighted by molar-refractivity contribution is -0.119. The number of piperazine rings is 2. The number of rotatable bonds is 3. The van der Waals surface area contributed by atoms with Crippen molar-refractivity contribution in [3.8, 4) is 11.5 Å². The van der Waals surface area contributed by atoms with Crippen molar-refractivity contribution in [3.63, 3.8) is 0 Å². The third kappa shape index (κ3) is 3.55. The Hall–Kier alpha value is -2.48. The number of nitrogens with zero attached hydrogens (tertiary/aromatic N) is 4. The number of carbonyl (C=O) groups is 2. The molecule has 3 heterocycles. The van der Waals surface area contributed by atoms with E-state index in [2.05, 4.69) is 11.0 Å². The molecule has 0 radical (unpaired) electrons. The monoisotopic (exact) mass is 360 g/mol. The number of hydrogen-bond donors (Lipinski definition) is 0. The van der Waals surface area contributed by atoms with Gasteiger partial charge in [0.1, 0.15) is 0 Å². The second-order valence-corrected chi connectivity index (χ2v) is 6.86. The van der Waals surface area contributed by atoms with Crippen LogP contribution in [0.15, 0.2) is 18.2 Å². The van der Waals surface area contributed by atoms with Gasteiger partial charge in [0.25, 0.3) is 0 Å². The van der Waals surface area contributed by atoms with Crippen molar-refractivity contribution in [2.75, 3.05) is 59.2 Å². The lowest BCUT2D eigenvalue weighted by Gasteiger charge is -2.40. The van der Waals surface area contributed by atoms with Gasteiger partial charge < -0.3 is 24.2 Å². The Bertz CT molecular complexity index is 667. The van der Waals surface area contributed by atoms with Crippen LogP contribution in [-0.2, 0) is 11.3 Å². The molecular formula is C18H24N4O4. The minimum atomic E-state index is 0.0956. The highest BCUT2D eigenvalue weighted by Crippen LogP contribution is 2.32. The van der Waals surface area contributed by atoms with Gasteiger partial charge in [0, 0.05) is 58.9 Å². The van der Waals surface area contributed by atoms with Crippen LogP contribution in [0.3, 0.4) is 0 Å². The highest BCUT2D eigenvalue weighted by atomic mass is 16.7. The Morgan fingerprint density at radius 1 is 0.923 bits per heavy atom. The van der Waals surface area contributed by atoms with Gasteiger partial charge in [-0.15, -0.1) is 0 Å². The zero-order valence-corrected chi connectivity index (χ0v) is 14.8.